The minimum absolute atomic E-state index is 0.0224. The van der Waals surface area contributed by atoms with Crippen LogP contribution in [0.1, 0.15) is 50.2 Å². The molecule has 3 aromatic heterocycles. The predicted molar refractivity (Wildman–Crippen MR) is 102 cm³/mol. The van der Waals surface area contributed by atoms with Crippen LogP contribution in [0.3, 0.4) is 0 Å². The Bertz CT molecular complexity index is 913. The Morgan fingerprint density at radius 2 is 2.11 bits per heavy atom. The number of rotatable bonds is 5. The lowest BCUT2D eigenvalue weighted by molar-refractivity contribution is -0.132. The lowest BCUT2D eigenvalue weighted by atomic mass is 10.0. The second-order valence-electron chi connectivity index (χ2n) is 7.25. The average molecular weight is 364 g/mol. The van der Waals surface area contributed by atoms with Gasteiger partial charge in [0.15, 0.2) is 0 Å². The molecule has 140 valence electrons. The summed E-state index contributed by atoms with van der Waals surface area (Å²) in [6.07, 6.45) is 11.0. The fourth-order valence-electron chi connectivity index (χ4n) is 3.87. The van der Waals surface area contributed by atoms with Crippen molar-refractivity contribution < 1.29 is 4.79 Å². The summed E-state index contributed by atoms with van der Waals surface area (Å²) in [5.74, 6) is 1.35. The van der Waals surface area contributed by atoms with E-state index in [9.17, 15) is 4.79 Å². The zero-order valence-corrected chi connectivity index (χ0v) is 15.7. The third kappa shape index (κ3) is 3.37. The Morgan fingerprint density at radius 3 is 2.89 bits per heavy atom. The van der Waals surface area contributed by atoms with E-state index >= 15 is 0 Å². The SMILES string of the molecule is CC(C)c1nccn1CC(=O)N1CCC[C@H]1c1[nH]ncc1-c1ccncc1. The second-order valence-corrected chi connectivity index (χ2v) is 7.25. The smallest absolute Gasteiger partial charge is 0.243 e. The zero-order chi connectivity index (χ0) is 18.8. The first-order valence-electron chi connectivity index (χ1n) is 9.39. The molecule has 4 rings (SSSR count). The summed E-state index contributed by atoms with van der Waals surface area (Å²) < 4.78 is 1.96. The molecule has 4 heterocycles. The largest absolute Gasteiger partial charge is 0.333 e. The van der Waals surface area contributed by atoms with E-state index in [0.29, 0.717) is 6.54 Å². The van der Waals surface area contributed by atoms with E-state index in [1.54, 1.807) is 18.6 Å². The molecule has 0 radical (unpaired) electrons. The molecule has 1 saturated heterocycles. The van der Waals surface area contributed by atoms with Crippen molar-refractivity contribution in [2.75, 3.05) is 6.54 Å². The van der Waals surface area contributed by atoms with Gasteiger partial charge in [-0.2, -0.15) is 5.10 Å². The molecule has 0 aromatic carbocycles. The Hall–Kier alpha value is -2.96. The molecule has 0 spiro atoms. The van der Waals surface area contributed by atoms with Crippen LogP contribution >= 0.6 is 0 Å². The molecular formula is C20H24N6O. The Kier molecular flexibility index (Phi) is 4.75. The average Bonchev–Trinajstić information content (AvgIpc) is 3.41. The van der Waals surface area contributed by atoms with Crippen LogP contribution in [-0.2, 0) is 11.3 Å². The first-order valence-corrected chi connectivity index (χ1v) is 9.39. The van der Waals surface area contributed by atoms with Gasteiger partial charge in [0.1, 0.15) is 12.4 Å². The number of nitrogens with one attached hydrogen (secondary N) is 1. The van der Waals surface area contributed by atoms with Gasteiger partial charge in [0, 0.05) is 42.8 Å². The molecule has 1 N–H and O–H groups in total. The van der Waals surface area contributed by atoms with E-state index in [2.05, 4.69) is 34.0 Å². The van der Waals surface area contributed by atoms with E-state index in [1.807, 2.05) is 34.0 Å². The molecule has 1 atom stereocenters. The van der Waals surface area contributed by atoms with Crippen LogP contribution in [0.4, 0.5) is 0 Å². The number of aromatic amines is 1. The van der Waals surface area contributed by atoms with Crippen molar-refractivity contribution in [1.82, 2.24) is 29.6 Å². The fourth-order valence-corrected chi connectivity index (χ4v) is 3.87. The molecule has 1 aliphatic rings. The van der Waals surface area contributed by atoms with Crippen molar-refractivity contribution in [3.8, 4) is 11.1 Å². The molecule has 27 heavy (non-hydrogen) atoms. The van der Waals surface area contributed by atoms with Crippen LogP contribution in [0.5, 0.6) is 0 Å². The predicted octanol–water partition coefficient (Wildman–Crippen LogP) is 3.16. The Balaban J connectivity index is 1.57. The fraction of sp³-hybridized carbons (Fsp3) is 0.400. The minimum Gasteiger partial charge on any atom is -0.333 e. The first-order chi connectivity index (χ1) is 13.1. The van der Waals surface area contributed by atoms with Crippen molar-refractivity contribution in [1.29, 1.82) is 0 Å². The van der Waals surface area contributed by atoms with E-state index in [-0.39, 0.29) is 17.9 Å². The number of carbonyl (C=O) groups excluding carboxylic acids is 1. The van der Waals surface area contributed by atoms with Crippen molar-refractivity contribution >= 4 is 5.91 Å². The van der Waals surface area contributed by atoms with Gasteiger partial charge in [0.25, 0.3) is 0 Å². The van der Waals surface area contributed by atoms with Crippen LogP contribution in [0, 0.1) is 0 Å². The van der Waals surface area contributed by atoms with E-state index < -0.39 is 0 Å². The Morgan fingerprint density at radius 1 is 1.30 bits per heavy atom. The highest BCUT2D eigenvalue weighted by Crippen LogP contribution is 2.36. The maximum atomic E-state index is 13.1. The second kappa shape index (κ2) is 7.34. The highest BCUT2D eigenvalue weighted by molar-refractivity contribution is 5.77. The van der Waals surface area contributed by atoms with Crippen LogP contribution in [0.25, 0.3) is 11.1 Å². The number of H-pyrrole nitrogens is 1. The summed E-state index contributed by atoms with van der Waals surface area (Å²) in [4.78, 5) is 23.5. The number of hydrogen-bond donors (Lipinski definition) is 1. The summed E-state index contributed by atoms with van der Waals surface area (Å²) in [5.41, 5.74) is 3.10. The highest BCUT2D eigenvalue weighted by atomic mass is 16.2. The molecule has 1 aliphatic heterocycles. The van der Waals surface area contributed by atoms with Crippen molar-refractivity contribution in [2.45, 2.75) is 45.2 Å². The van der Waals surface area contributed by atoms with Gasteiger partial charge in [0.05, 0.1) is 17.9 Å². The summed E-state index contributed by atoms with van der Waals surface area (Å²) in [5, 5.41) is 7.39. The number of aromatic nitrogens is 5. The Labute approximate surface area is 158 Å². The molecule has 7 heteroatoms. The van der Waals surface area contributed by atoms with Crippen LogP contribution in [0.2, 0.25) is 0 Å². The van der Waals surface area contributed by atoms with Gasteiger partial charge in [-0.3, -0.25) is 14.9 Å². The number of nitrogens with zero attached hydrogens (tertiary/aromatic N) is 5. The highest BCUT2D eigenvalue weighted by Gasteiger charge is 2.33. The summed E-state index contributed by atoms with van der Waals surface area (Å²) >= 11 is 0. The zero-order valence-electron chi connectivity index (χ0n) is 15.7. The van der Waals surface area contributed by atoms with Gasteiger partial charge in [0.2, 0.25) is 5.91 Å². The molecule has 0 bridgehead atoms. The molecule has 0 aliphatic carbocycles. The van der Waals surface area contributed by atoms with Gasteiger partial charge in [-0.15, -0.1) is 0 Å². The molecule has 1 fully saturated rings. The topological polar surface area (TPSA) is 79.7 Å². The van der Waals surface area contributed by atoms with Crippen molar-refractivity contribution in [3.63, 3.8) is 0 Å². The normalized spacial score (nSPS) is 17.0. The molecule has 1 amide bonds. The standard InChI is InChI=1S/C20H24N6O/c1-14(2)20-22-9-11-25(20)13-18(27)26-10-3-4-17(26)19-16(12-23-24-19)15-5-7-21-8-6-15/h5-9,11-12,14,17H,3-4,10,13H2,1-2H3,(H,23,24)/t17-/m0/s1. The van der Waals surface area contributed by atoms with Gasteiger partial charge in [-0.1, -0.05) is 13.8 Å². The first kappa shape index (κ1) is 17.5. The molecule has 7 nitrogen and oxygen atoms in total. The minimum atomic E-state index is 0.0224. The summed E-state index contributed by atoms with van der Waals surface area (Å²) in [6.45, 7) is 5.27. The molecule has 3 aromatic rings. The number of carbonyl (C=O) groups is 1. The number of imidazole rings is 1. The lowest BCUT2D eigenvalue weighted by Crippen LogP contribution is -2.34. The third-order valence-electron chi connectivity index (χ3n) is 5.14. The summed E-state index contributed by atoms with van der Waals surface area (Å²) in [7, 11) is 0. The maximum absolute atomic E-state index is 13.1. The lowest BCUT2D eigenvalue weighted by Gasteiger charge is -2.25. The third-order valence-corrected chi connectivity index (χ3v) is 5.14. The van der Waals surface area contributed by atoms with Crippen LogP contribution < -0.4 is 0 Å². The number of amides is 1. The molecular weight excluding hydrogens is 340 g/mol. The van der Waals surface area contributed by atoms with Crippen LogP contribution in [-0.4, -0.2) is 42.1 Å². The van der Waals surface area contributed by atoms with E-state index in [4.69, 9.17) is 0 Å². The van der Waals surface area contributed by atoms with E-state index in [1.165, 1.54) is 0 Å². The monoisotopic (exact) mass is 364 g/mol. The number of hydrogen-bond acceptors (Lipinski definition) is 4. The summed E-state index contributed by atoms with van der Waals surface area (Å²) in [6, 6.07) is 3.96. The molecule has 0 unspecified atom stereocenters. The van der Waals surface area contributed by atoms with Gasteiger partial charge >= 0.3 is 0 Å². The molecule has 0 saturated carbocycles. The quantitative estimate of drug-likeness (QED) is 0.754. The van der Waals surface area contributed by atoms with Gasteiger partial charge in [-0.25, -0.2) is 4.98 Å². The number of likely N-dealkylation sites (tertiary alicyclic amines) is 1. The van der Waals surface area contributed by atoms with Gasteiger partial charge in [-0.05, 0) is 30.5 Å². The maximum Gasteiger partial charge on any atom is 0.243 e. The van der Waals surface area contributed by atoms with E-state index in [0.717, 1.165) is 42.0 Å². The van der Waals surface area contributed by atoms with Crippen molar-refractivity contribution in [2.24, 2.45) is 0 Å². The number of pyridine rings is 1. The van der Waals surface area contributed by atoms with Crippen LogP contribution in [0.15, 0.2) is 43.1 Å². The van der Waals surface area contributed by atoms with Gasteiger partial charge < -0.3 is 9.47 Å². The van der Waals surface area contributed by atoms with Crippen molar-refractivity contribution in [3.05, 3.63) is 54.6 Å².